The predicted octanol–water partition coefficient (Wildman–Crippen LogP) is 0.807. The van der Waals surface area contributed by atoms with Crippen molar-refractivity contribution in [3.8, 4) is 0 Å². The van der Waals surface area contributed by atoms with Gasteiger partial charge in [0, 0.05) is 13.0 Å². The number of hydrogen-bond acceptors (Lipinski definition) is 3. The number of epoxide rings is 1. The van der Waals surface area contributed by atoms with E-state index in [1.807, 2.05) is 0 Å². The minimum Gasteiger partial charge on any atom is -0.394 e. The van der Waals surface area contributed by atoms with Crippen LogP contribution in [0.4, 0.5) is 0 Å². The van der Waals surface area contributed by atoms with Gasteiger partial charge in [-0.1, -0.05) is 13.8 Å². The Morgan fingerprint density at radius 2 is 2.25 bits per heavy atom. The highest BCUT2D eigenvalue weighted by Crippen LogP contribution is 2.32. The van der Waals surface area contributed by atoms with Crippen molar-refractivity contribution in [1.29, 1.82) is 0 Å². The molecule has 1 rings (SSSR count). The molecule has 0 aromatic rings. The molecule has 0 aliphatic carbocycles. The first-order chi connectivity index (χ1) is 5.74. The molecule has 0 aromatic carbocycles. The maximum Gasteiger partial charge on any atom is 0.108 e. The van der Waals surface area contributed by atoms with E-state index in [-0.39, 0.29) is 24.9 Å². The van der Waals surface area contributed by atoms with E-state index in [4.69, 9.17) is 14.6 Å². The van der Waals surface area contributed by atoms with Crippen molar-refractivity contribution >= 4 is 0 Å². The molecule has 0 radical (unpaired) electrons. The van der Waals surface area contributed by atoms with Gasteiger partial charge in [-0.05, 0) is 6.42 Å². The number of methoxy groups -OCH3 is 1. The molecule has 0 unspecified atom stereocenters. The monoisotopic (exact) mass is 174 g/mol. The minimum atomic E-state index is 0.0594. The minimum absolute atomic E-state index is 0.0594. The number of aliphatic hydroxyl groups is 1. The van der Waals surface area contributed by atoms with E-state index in [0.29, 0.717) is 5.92 Å². The van der Waals surface area contributed by atoms with Gasteiger partial charge < -0.3 is 14.6 Å². The molecular weight excluding hydrogens is 156 g/mol. The van der Waals surface area contributed by atoms with Gasteiger partial charge in [-0.2, -0.15) is 0 Å². The Morgan fingerprint density at radius 3 is 2.58 bits per heavy atom. The molecule has 1 aliphatic rings. The summed E-state index contributed by atoms with van der Waals surface area (Å²) in [6.45, 7) is 4.34. The van der Waals surface area contributed by atoms with Crippen LogP contribution >= 0.6 is 0 Å². The summed E-state index contributed by atoms with van der Waals surface area (Å²) in [5.74, 6) is 0.386. The van der Waals surface area contributed by atoms with Crippen LogP contribution in [0.25, 0.3) is 0 Å². The molecule has 3 heteroatoms. The highest BCUT2D eigenvalue weighted by molar-refractivity contribution is 4.91. The van der Waals surface area contributed by atoms with Crippen molar-refractivity contribution in [3.05, 3.63) is 0 Å². The lowest BCUT2D eigenvalue weighted by Gasteiger charge is -2.19. The quantitative estimate of drug-likeness (QED) is 0.627. The summed E-state index contributed by atoms with van der Waals surface area (Å²) in [5, 5.41) is 8.79. The average Bonchev–Trinajstić information content (AvgIpc) is 2.85. The van der Waals surface area contributed by atoms with Crippen LogP contribution in [0.5, 0.6) is 0 Å². The van der Waals surface area contributed by atoms with Crippen LogP contribution < -0.4 is 0 Å². The zero-order valence-electron chi connectivity index (χ0n) is 7.99. The van der Waals surface area contributed by atoms with Gasteiger partial charge in [-0.15, -0.1) is 0 Å². The summed E-state index contributed by atoms with van der Waals surface area (Å²) < 4.78 is 10.6. The highest BCUT2D eigenvalue weighted by atomic mass is 16.6. The van der Waals surface area contributed by atoms with Gasteiger partial charge in [-0.3, -0.25) is 0 Å². The fourth-order valence-electron chi connectivity index (χ4n) is 1.73. The molecule has 12 heavy (non-hydrogen) atoms. The Kier molecular flexibility index (Phi) is 3.50. The largest absolute Gasteiger partial charge is 0.394 e. The van der Waals surface area contributed by atoms with Gasteiger partial charge in [-0.25, -0.2) is 0 Å². The van der Waals surface area contributed by atoms with Crippen LogP contribution in [-0.2, 0) is 9.47 Å². The molecule has 1 saturated heterocycles. The van der Waals surface area contributed by atoms with Gasteiger partial charge in [0.2, 0.25) is 0 Å². The van der Waals surface area contributed by atoms with Crippen LogP contribution in [0.1, 0.15) is 20.3 Å². The van der Waals surface area contributed by atoms with E-state index in [2.05, 4.69) is 13.8 Å². The molecule has 1 aliphatic heterocycles. The Morgan fingerprint density at radius 1 is 1.58 bits per heavy atom. The maximum atomic E-state index is 8.79. The number of ether oxygens (including phenoxy) is 2. The Hall–Kier alpha value is -0.120. The predicted molar refractivity (Wildman–Crippen MR) is 46.0 cm³/mol. The summed E-state index contributed by atoms with van der Waals surface area (Å²) in [6, 6.07) is 0. The summed E-state index contributed by atoms with van der Waals surface area (Å²) in [4.78, 5) is 0. The van der Waals surface area contributed by atoms with Crippen molar-refractivity contribution in [2.45, 2.75) is 38.6 Å². The molecule has 1 fully saturated rings. The third-order valence-electron chi connectivity index (χ3n) is 2.61. The first-order valence-electron chi connectivity index (χ1n) is 4.53. The van der Waals surface area contributed by atoms with Gasteiger partial charge in [0.25, 0.3) is 0 Å². The molecule has 1 N–H and O–H groups in total. The van der Waals surface area contributed by atoms with Crippen molar-refractivity contribution in [2.75, 3.05) is 13.7 Å². The Labute approximate surface area is 73.7 Å². The van der Waals surface area contributed by atoms with Crippen LogP contribution in [-0.4, -0.2) is 37.1 Å². The SMILES string of the molecule is CC[C@H](OC)[C@@H](C)[C@@H]1O[C@H]1CO. The van der Waals surface area contributed by atoms with Crippen molar-refractivity contribution in [3.63, 3.8) is 0 Å². The lowest BCUT2D eigenvalue weighted by Crippen LogP contribution is -2.25. The molecule has 0 aromatic heterocycles. The van der Waals surface area contributed by atoms with Gasteiger partial charge in [0.1, 0.15) is 6.10 Å². The first kappa shape index (κ1) is 9.96. The smallest absolute Gasteiger partial charge is 0.108 e. The number of hydrogen-bond donors (Lipinski definition) is 1. The maximum absolute atomic E-state index is 8.79. The molecule has 4 atom stereocenters. The zero-order chi connectivity index (χ0) is 9.14. The number of rotatable bonds is 5. The van der Waals surface area contributed by atoms with E-state index in [9.17, 15) is 0 Å². The highest BCUT2D eigenvalue weighted by Gasteiger charge is 2.44. The molecule has 72 valence electrons. The Bertz CT molecular complexity index is 134. The molecule has 0 amide bonds. The lowest BCUT2D eigenvalue weighted by atomic mass is 9.97. The second kappa shape index (κ2) is 4.21. The summed E-state index contributed by atoms with van der Waals surface area (Å²) in [6.07, 6.45) is 1.52. The second-order valence-corrected chi connectivity index (χ2v) is 3.36. The molecular formula is C9H18O3. The van der Waals surface area contributed by atoms with E-state index in [0.717, 1.165) is 6.42 Å². The van der Waals surface area contributed by atoms with E-state index in [1.165, 1.54) is 0 Å². The topological polar surface area (TPSA) is 42.0 Å². The van der Waals surface area contributed by atoms with Crippen LogP contribution in [0.3, 0.4) is 0 Å². The average molecular weight is 174 g/mol. The summed E-state index contributed by atoms with van der Waals surface area (Å²) in [7, 11) is 1.72. The molecule has 0 saturated carbocycles. The van der Waals surface area contributed by atoms with Gasteiger partial charge in [0.05, 0.1) is 18.8 Å². The van der Waals surface area contributed by atoms with Crippen LogP contribution in [0, 0.1) is 5.92 Å². The normalized spacial score (nSPS) is 33.0. The van der Waals surface area contributed by atoms with E-state index in [1.54, 1.807) is 7.11 Å². The number of aliphatic hydroxyl groups excluding tert-OH is 1. The third-order valence-corrected chi connectivity index (χ3v) is 2.61. The van der Waals surface area contributed by atoms with Crippen LogP contribution in [0.15, 0.2) is 0 Å². The van der Waals surface area contributed by atoms with Crippen LogP contribution in [0.2, 0.25) is 0 Å². The van der Waals surface area contributed by atoms with Crippen molar-refractivity contribution in [2.24, 2.45) is 5.92 Å². The third kappa shape index (κ3) is 1.97. The summed E-state index contributed by atoms with van der Waals surface area (Å²) in [5.41, 5.74) is 0. The molecule has 0 bridgehead atoms. The fraction of sp³-hybridized carbons (Fsp3) is 1.00. The standard InChI is InChI=1S/C9H18O3/c1-4-7(11-3)6(2)9-8(5-10)12-9/h6-10H,4-5H2,1-3H3/t6-,7+,8+,9+/m1/s1. The lowest BCUT2D eigenvalue weighted by molar-refractivity contribution is 0.0446. The Balaban J connectivity index is 2.32. The molecule has 1 heterocycles. The first-order valence-corrected chi connectivity index (χ1v) is 4.53. The van der Waals surface area contributed by atoms with Crippen molar-refractivity contribution in [1.82, 2.24) is 0 Å². The van der Waals surface area contributed by atoms with Gasteiger partial charge in [0.15, 0.2) is 0 Å². The molecule has 3 nitrogen and oxygen atoms in total. The second-order valence-electron chi connectivity index (χ2n) is 3.36. The summed E-state index contributed by atoms with van der Waals surface area (Å²) >= 11 is 0. The molecule has 0 spiro atoms. The van der Waals surface area contributed by atoms with E-state index < -0.39 is 0 Å². The van der Waals surface area contributed by atoms with E-state index >= 15 is 0 Å². The van der Waals surface area contributed by atoms with Gasteiger partial charge >= 0.3 is 0 Å². The zero-order valence-corrected chi connectivity index (χ0v) is 7.99. The fourth-order valence-corrected chi connectivity index (χ4v) is 1.73. The van der Waals surface area contributed by atoms with Crippen molar-refractivity contribution < 1.29 is 14.6 Å².